The highest BCUT2D eigenvalue weighted by Gasteiger charge is 2.25. The second kappa shape index (κ2) is 8.16. The molecule has 1 fully saturated rings. The lowest BCUT2D eigenvalue weighted by Gasteiger charge is -2.12. The Morgan fingerprint density at radius 3 is 2.67 bits per heavy atom. The standard InChI is InChI=1S/C22H25N3O2/c1-26-21-13-16(7-10-20(21)27-15-17-5-3-2-4-6-17)11-12-23-22-14-19(24-25-22)18-8-9-18/h2-7,10,13-14,18H,8-9,11-12,15H2,1H3,(H2,23,24,25). The Kier molecular flexibility index (Phi) is 5.28. The van der Waals surface area contributed by atoms with Crippen LogP contribution in [0.15, 0.2) is 54.6 Å². The van der Waals surface area contributed by atoms with Crippen LogP contribution in [-0.2, 0) is 13.0 Å². The Labute approximate surface area is 159 Å². The lowest BCUT2D eigenvalue weighted by molar-refractivity contribution is 0.284. The quantitative estimate of drug-likeness (QED) is 0.586. The molecule has 4 rings (SSSR count). The van der Waals surface area contributed by atoms with Crippen LogP contribution in [0.1, 0.15) is 35.6 Å². The first kappa shape index (κ1) is 17.5. The molecular weight excluding hydrogens is 338 g/mol. The van der Waals surface area contributed by atoms with Crippen molar-refractivity contribution in [1.29, 1.82) is 0 Å². The summed E-state index contributed by atoms with van der Waals surface area (Å²) in [6.45, 7) is 1.35. The zero-order valence-corrected chi connectivity index (χ0v) is 15.6. The van der Waals surface area contributed by atoms with E-state index in [4.69, 9.17) is 9.47 Å². The van der Waals surface area contributed by atoms with Gasteiger partial charge in [0, 0.05) is 24.2 Å². The molecule has 0 saturated heterocycles. The fourth-order valence-electron chi connectivity index (χ4n) is 3.09. The smallest absolute Gasteiger partial charge is 0.161 e. The molecule has 0 radical (unpaired) electrons. The van der Waals surface area contributed by atoms with Crippen molar-refractivity contribution < 1.29 is 9.47 Å². The summed E-state index contributed by atoms with van der Waals surface area (Å²) in [5, 5.41) is 10.8. The van der Waals surface area contributed by atoms with Gasteiger partial charge in [-0.1, -0.05) is 36.4 Å². The molecule has 2 aromatic carbocycles. The average Bonchev–Trinajstić information content (AvgIpc) is 3.46. The van der Waals surface area contributed by atoms with E-state index in [-0.39, 0.29) is 0 Å². The van der Waals surface area contributed by atoms with E-state index >= 15 is 0 Å². The molecule has 1 aliphatic rings. The molecule has 140 valence electrons. The highest BCUT2D eigenvalue weighted by Crippen LogP contribution is 2.39. The summed E-state index contributed by atoms with van der Waals surface area (Å²) in [7, 11) is 1.68. The van der Waals surface area contributed by atoms with Crippen LogP contribution in [0.3, 0.4) is 0 Å². The fourth-order valence-corrected chi connectivity index (χ4v) is 3.09. The van der Waals surface area contributed by atoms with Crippen molar-refractivity contribution in [2.75, 3.05) is 19.0 Å². The monoisotopic (exact) mass is 363 g/mol. The lowest BCUT2D eigenvalue weighted by Crippen LogP contribution is -2.05. The molecule has 1 saturated carbocycles. The van der Waals surface area contributed by atoms with Crippen LogP contribution in [0.25, 0.3) is 0 Å². The van der Waals surface area contributed by atoms with Gasteiger partial charge in [-0.05, 0) is 42.5 Å². The molecule has 1 aliphatic carbocycles. The zero-order valence-electron chi connectivity index (χ0n) is 15.6. The van der Waals surface area contributed by atoms with Gasteiger partial charge in [-0.15, -0.1) is 0 Å². The topological polar surface area (TPSA) is 59.2 Å². The third-order valence-corrected chi connectivity index (χ3v) is 4.80. The molecule has 5 nitrogen and oxygen atoms in total. The van der Waals surface area contributed by atoms with Gasteiger partial charge in [-0.3, -0.25) is 5.10 Å². The fraction of sp³-hybridized carbons (Fsp3) is 0.318. The Hall–Kier alpha value is -2.95. The van der Waals surface area contributed by atoms with Gasteiger partial charge in [0.05, 0.1) is 7.11 Å². The summed E-state index contributed by atoms with van der Waals surface area (Å²) in [5.41, 5.74) is 3.58. The molecule has 5 heteroatoms. The Morgan fingerprint density at radius 2 is 1.89 bits per heavy atom. The Bertz CT molecular complexity index is 872. The maximum Gasteiger partial charge on any atom is 0.161 e. The largest absolute Gasteiger partial charge is 0.493 e. The zero-order chi connectivity index (χ0) is 18.5. The molecule has 1 aromatic heterocycles. The summed E-state index contributed by atoms with van der Waals surface area (Å²) in [4.78, 5) is 0. The number of methoxy groups -OCH3 is 1. The van der Waals surface area contributed by atoms with Crippen molar-refractivity contribution >= 4 is 5.82 Å². The highest BCUT2D eigenvalue weighted by atomic mass is 16.5. The molecule has 0 unspecified atom stereocenters. The van der Waals surface area contributed by atoms with E-state index in [1.165, 1.54) is 24.1 Å². The molecule has 27 heavy (non-hydrogen) atoms. The first-order valence-electron chi connectivity index (χ1n) is 9.44. The number of nitrogens with one attached hydrogen (secondary N) is 2. The maximum absolute atomic E-state index is 5.92. The summed E-state index contributed by atoms with van der Waals surface area (Å²) < 4.78 is 11.4. The number of aromatic nitrogens is 2. The molecule has 1 heterocycles. The first-order valence-corrected chi connectivity index (χ1v) is 9.44. The first-order chi connectivity index (χ1) is 13.3. The molecule has 0 atom stereocenters. The summed E-state index contributed by atoms with van der Waals surface area (Å²) in [6.07, 6.45) is 3.45. The Balaban J connectivity index is 1.31. The predicted molar refractivity (Wildman–Crippen MR) is 107 cm³/mol. The number of hydrogen-bond donors (Lipinski definition) is 2. The van der Waals surface area contributed by atoms with Gasteiger partial charge < -0.3 is 14.8 Å². The highest BCUT2D eigenvalue weighted by molar-refractivity contribution is 5.44. The van der Waals surface area contributed by atoms with Crippen molar-refractivity contribution in [3.8, 4) is 11.5 Å². The number of ether oxygens (including phenoxy) is 2. The van der Waals surface area contributed by atoms with Crippen LogP contribution in [0.2, 0.25) is 0 Å². The third kappa shape index (κ3) is 4.61. The Morgan fingerprint density at radius 1 is 1.04 bits per heavy atom. The minimum atomic E-state index is 0.528. The lowest BCUT2D eigenvalue weighted by atomic mass is 10.1. The van der Waals surface area contributed by atoms with Crippen molar-refractivity contribution in [2.24, 2.45) is 0 Å². The van der Waals surface area contributed by atoms with Crippen molar-refractivity contribution in [1.82, 2.24) is 10.2 Å². The number of anilines is 1. The van der Waals surface area contributed by atoms with E-state index in [0.717, 1.165) is 35.8 Å². The molecule has 0 aliphatic heterocycles. The van der Waals surface area contributed by atoms with Crippen LogP contribution in [0.4, 0.5) is 5.82 Å². The van der Waals surface area contributed by atoms with Crippen molar-refractivity contribution in [3.05, 3.63) is 71.4 Å². The summed E-state index contributed by atoms with van der Waals surface area (Å²) >= 11 is 0. The van der Waals surface area contributed by atoms with Crippen molar-refractivity contribution in [2.45, 2.75) is 31.8 Å². The molecule has 0 amide bonds. The predicted octanol–water partition coefficient (Wildman–Crippen LogP) is 4.53. The second-order valence-corrected chi connectivity index (χ2v) is 6.92. The van der Waals surface area contributed by atoms with Gasteiger partial charge in [0.15, 0.2) is 11.5 Å². The SMILES string of the molecule is COc1cc(CCNc2cc(C3CC3)[nH]n2)ccc1OCc1ccccc1. The number of benzene rings is 2. The van der Waals surface area contributed by atoms with Crippen LogP contribution in [0, 0.1) is 0 Å². The van der Waals surface area contributed by atoms with E-state index in [0.29, 0.717) is 12.5 Å². The minimum absolute atomic E-state index is 0.528. The van der Waals surface area contributed by atoms with Gasteiger partial charge in [-0.25, -0.2) is 0 Å². The van der Waals surface area contributed by atoms with Crippen LogP contribution >= 0.6 is 0 Å². The van der Waals surface area contributed by atoms with Gasteiger partial charge in [0.2, 0.25) is 0 Å². The van der Waals surface area contributed by atoms with Crippen molar-refractivity contribution in [3.63, 3.8) is 0 Å². The van der Waals surface area contributed by atoms with Crippen LogP contribution < -0.4 is 14.8 Å². The van der Waals surface area contributed by atoms with E-state index in [9.17, 15) is 0 Å². The number of hydrogen-bond acceptors (Lipinski definition) is 4. The third-order valence-electron chi connectivity index (χ3n) is 4.80. The van der Waals surface area contributed by atoms with Gasteiger partial charge in [-0.2, -0.15) is 5.10 Å². The molecule has 0 bridgehead atoms. The summed E-state index contributed by atoms with van der Waals surface area (Å²) in [5.74, 6) is 3.14. The number of aromatic amines is 1. The molecular formula is C22H25N3O2. The molecule has 2 N–H and O–H groups in total. The van der Waals surface area contributed by atoms with E-state index in [2.05, 4.69) is 39.8 Å². The van der Waals surface area contributed by atoms with Crippen LogP contribution in [-0.4, -0.2) is 23.9 Å². The van der Waals surface area contributed by atoms with Crippen LogP contribution in [0.5, 0.6) is 11.5 Å². The van der Waals surface area contributed by atoms with Gasteiger partial charge >= 0.3 is 0 Å². The van der Waals surface area contributed by atoms with Gasteiger partial charge in [0.1, 0.15) is 12.4 Å². The summed E-state index contributed by atoms with van der Waals surface area (Å²) in [6, 6.07) is 18.4. The van der Waals surface area contributed by atoms with E-state index in [1.807, 2.05) is 30.3 Å². The minimum Gasteiger partial charge on any atom is -0.493 e. The maximum atomic E-state index is 5.92. The van der Waals surface area contributed by atoms with E-state index < -0.39 is 0 Å². The van der Waals surface area contributed by atoms with E-state index in [1.54, 1.807) is 7.11 Å². The molecule has 3 aromatic rings. The second-order valence-electron chi connectivity index (χ2n) is 6.92. The number of nitrogens with zero attached hydrogens (tertiary/aromatic N) is 1. The number of rotatable bonds is 9. The van der Waals surface area contributed by atoms with Gasteiger partial charge in [0.25, 0.3) is 0 Å². The molecule has 0 spiro atoms. The normalized spacial score (nSPS) is 13.4. The average molecular weight is 363 g/mol. The number of H-pyrrole nitrogens is 1.